The zero-order valence-electron chi connectivity index (χ0n) is 12.7. The van der Waals surface area contributed by atoms with Crippen LogP contribution in [0.15, 0.2) is 39.9 Å². The van der Waals surface area contributed by atoms with Crippen molar-refractivity contribution in [1.29, 1.82) is 0 Å². The monoisotopic (exact) mass is 386 g/mol. The quantitative estimate of drug-likeness (QED) is 0.482. The first-order valence-corrected chi connectivity index (χ1v) is 8.94. The Bertz CT molecular complexity index is 798. The van der Waals surface area contributed by atoms with Gasteiger partial charge in [0.25, 0.3) is 11.8 Å². The van der Waals surface area contributed by atoms with Crippen molar-refractivity contribution in [3.05, 3.63) is 40.4 Å². The van der Waals surface area contributed by atoms with Gasteiger partial charge in [-0.1, -0.05) is 12.2 Å². The van der Waals surface area contributed by atoms with E-state index in [1.165, 1.54) is 12.3 Å². The van der Waals surface area contributed by atoms with Gasteiger partial charge < -0.3 is 5.11 Å². The molecular weight excluding hydrogens is 372 g/mol. The van der Waals surface area contributed by atoms with Crippen molar-refractivity contribution < 1.29 is 14.7 Å². The molecule has 2 amide bonds. The lowest BCUT2D eigenvalue weighted by molar-refractivity contribution is -0.140. The molecule has 1 saturated heterocycles. The number of aromatic hydroxyl groups is 1. The SMILES string of the molecule is O=C1[C@@H]2[C@H]3C=C[C@@H]([C@@H]4C[C@@H]34)[C@@H]2C(=O)N1/N=C\c1ccc(O)c(Br)c1. The molecule has 1 N–H and O–H groups in total. The van der Waals surface area contributed by atoms with Crippen molar-refractivity contribution in [1.82, 2.24) is 5.01 Å². The molecule has 5 nitrogen and oxygen atoms in total. The Morgan fingerprint density at radius 1 is 1.12 bits per heavy atom. The van der Waals surface area contributed by atoms with E-state index in [0.29, 0.717) is 21.9 Å². The minimum absolute atomic E-state index is 0.133. The zero-order valence-corrected chi connectivity index (χ0v) is 14.3. The molecule has 6 heteroatoms. The van der Waals surface area contributed by atoms with Gasteiger partial charge in [0.1, 0.15) is 5.75 Å². The van der Waals surface area contributed by atoms with Crippen LogP contribution in [-0.4, -0.2) is 28.1 Å². The molecule has 1 aromatic carbocycles. The number of halogens is 1. The molecule has 0 unspecified atom stereocenters. The normalized spacial score (nSPS) is 38.8. The molecule has 3 fully saturated rings. The van der Waals surface area contributed by atoms with Crippen LogP contribution in [0.1, 0.15) is 12.0 Å². The molecule has 24 heavy (non-hydrogen) atoms. The predicted octanol–water partition coefficient (Wildman–Crippen LogP) is 2.54. The smallest absolute Gasteiger partial charge is 0.254 e. The lowest BCUT2D eigenvalue weighted by Gasteiger charge is -2.37. The Morgan fingerprint density at radius 3 is 2.33 bits per heavy atom. The summed E-state index contributed by atoms with van der Waals surface area (Å²) in [4.78, 5) is 25.5. The third kappa shape index (κ3) is 1.83. The molecule has 2 saturated carbocycles. The Hall–Kier alpha value is -1.95. The zero-order chi connectivity index (χ0) is 16.6. The fraction of sp³-hybridized carbons (Fsp3) is 0.389. The van der Waals surface area contributed by atoms with Crippen LogP contribution in [0, 0.1) is 35.5 Å². The summed E-state index contributed by atoms with van der Waals surface area (Å²) in [5.41, 5.74) is 0.707. The number of hydrazone groups is 1. The summed E-state index contributed by atoms with van der Waals surface area (Å²) in [7, 11) is 0. The number of carbonyl (C=O) groups is 2. The first kappa shape index (κ1) is 14.4. The van der Waals surface area contributed by atoms with Crippen LogP contribution in [-0.2, 0) is 9.59 Å². The van der Waals surface area contributed by atoms with Crippen molar-refractivity contribution in [3.8, 4) is 5.75 Å². The molecule has 4 aliphatic carbocycles. The molecule has 6 atom stereocenters. The summed E-state index contributed by atoms with van der Waals surface area (Å²) in [5.74, 6) is 0.972. The van der Waals surface area contributed by atoms with Crippen LogP contribution in [0.3, 0.4) is 0 Å². The van der Waals surface area contributed by atoms with Gasteiger partial charge in [0.15, 0.2) is 0 Å². The summed E-state index contributed by atoms with van der Waals surface area (Å²) in [5, 5.41) is 14.8. The number of phenols is 1. The Morgan fingerprint density at radius 2 is 1.75 bits per heavy atom. The number of phenolic OH excluding ortho intramolecular Hbond substituents is 1. The van der Waals surface area contributed by atoms with E-state index in [1.54, 1.807) is 12.1 Å². The molecule has 122 valence electrons. The van der Waals surface area contributed by atoms with E-state index in [9.17, 15) is 14.7 Å². The standard InChI is InChI=1S/C18H15BrN2O3/c19-13-5-8(1-4-14(13)22)7-20-21-17(23)15-9-2-3-10(12-6-11(9)12)16(15)18(21)24/h1-5,7,9-12,15-16,22H,6H2/b20-7-/t9-,10-,11-,12-,15-,16+/m0/s1. The second kappa shape index (κ2) is 4.79. The van der Waals surface area contributed by atoms with Gasteiger partial charge in [0, 0.05) is 0 Å². The molecule has 0 spiro atoms. The van der Waals surface area contributed by atoms with Crippen molar-refractivity contribution in [2.45, 2.75) is 6.42 Å². The van der Waals surface area contributed by atoms with Gasteiger partial charge in [-0.3, -0.25) is 9.59 Å². The van der Waals surface area contributed by atoms with E-state index in [0.717, 1.165) is 11.4 Å². The molecule has 1 heterocycles. The fourth-order valence-electron chi connectivity index (χ4n) is 4.78. The van der Waals surface area contributed by atoms with Crippen molar-refractivity contribution in [3.63, 3.8) is 0 Å². The van der Waals surface area contributed by atoms with E-state index < -0.39 is 0 Å². The lowest BCUT2D eigenvalue weighted by atomic mass is 9.63. The summed E-state index contributed by atoms with van der Waals surface area (Å²) in [6.07, 6.45) is 6.94. The van der Waals surface area contributed by atoms with E-state index >= 15 is 0 Å². The van der Waals surface area contributed by atoms with Crippen LogP contribution in [0.4, 0.5) is 0 Å². The minimum atomic E-state index is -0.222. The number of rotatable bonds is 2. The van der Waals surface area contributed by atoms with Gasteiger partial charge in [-0.15, -0.1) is 0 Å². The first-order chi connectivity index (χ1) is 11.6. The van der Waals surface area contributed by atoms with Crippen LogP contribution in [0.25, 0.3) is 0 Å². The molecule has 1 aliphatic heterocycles. The van der Waals surface area contributed by atoms with Crippen molar-refractivity contribution >= 4 is 34.0 Å². The van der Waals surface area contributed by atoms with E-state index in [2.05, 4.69) is 33.2 Å². The summed E-state index contributed by atoms with van der Waals surface area (Å²) in [6.45, 7) is 0. The van der Waals surface area contributed by atoms with E-state index in [-0.39, 0.29) is 41.2 Å². The molecule has 0 radical (unpaired) electrons. The lowest BCUT2D eigenvalue weighted by Crippen LogP contribution is -2.40. The van der Waals surface area contributed by atoms with Gasteiger partial charge in [0.05, 0.1) is 22.5 Å². The van der Waals surface area contributed by atoms with E-state index in [4.69, 9.17) is 0 Å². The van der Waals surface area contributed by atoms with Gasteiger partial charge in [-0.05, 0) is 69.8 Å². The number of nitrogens with zero attached hydrogens (tertiary/aromatic N) is 2. The first-order valence-electron chi connectivity index (χ1n) is 8.15. The van der Waals surface area contributed by atoms with Crippen LogP contribution in [0.5, 0.6) is 5.75 Å². The fourth-order valence-corrected chi connectivity index (χ4v) is 5.18. The minimum Gasteiger partial charge on any atom is -0.507 e. The highest BCUT2D eigenvalue weighted by Gasteiger charge is 2.67. The number of carbonyl (C=O) groups excluding carboxylic acids is 2. The summed E-state index contributed by atoms with van der Waals surface area (Å²) in [6, 6.07) is 4.91. The third-order valence-electron chi connectivity index (χ3n) is 5.93. The van der Waals surface area contributed by atoms with E-state index in [1.807, 2.05) is 0 Å². The highest BCUT2D eigenvalue weighted by Crippen LogP contribution is 2.65. The predicted molar refractivity (Wildman–Crippen MR) is 90.0 cm³/mol. The van der Waals surface area contributed by atoms with Crippen LogP contribution < -0.4 is 0 Å². The Labute approximate surface area is 147 Å². The topological polar surface area (TPSA) is 70.0 Å². The highest BCUT2D eigenvalue weighted by atomic mass is 79.9. The van der Waals surface area contributed by atoms with Crippen LogP contribution >= 0.6 is 15.9 Å². The molecule has 1 aromatic rings. The van der Waals surface area contributed by atoms with Crippen LogP contribution in [0.2, 0.25) is 0 Å². The molecule has 6 rings (SSSR count). The average molecular weight is 387 g/mol. The summed E-state index contributed by atoms with van der Waals surface area (Å²) < 4.78 is 0.543. The number of imide groups is 1. The molecule has 0 aromatic heterocycles. The molecule has 5 aliphatic rings. The second-order valence-electron chi connectivity index (χ2n) is 7.10. The maximum Gasteiger partial charge on any atom is 0.254 e. The maximum atomic E-state index is 12.8. The largest absolute Gasteiger partial charge is 0.507 e. The number of allylic oxidation sites excluding steroid dienone is 2. The highest BCUT2D eigenvalue weighted by molar-refractivity contribution is 9.10. The second-order valence-corrected chi connectivity index (χ2v) is 7.95. The Balaban J connectivity index is 1.44. The van der Waals surface area contributed by atoms with Crippen molar-refractivity contribution in [2.75, 3.05) is 0 Å². The summed E-state index contributed by atoms with van der Waals surface area (Å²) >= 11 is 3.24. The van der Waals surface area contributed by atoms with Gasteiger partial charge in [-0.25, -0.2) is 0 Å². The number of hydrogen-bond acceptors (Lipinski definition) is 4. The van der Waals surface area contributed by atoms with Gasteiger partial charge >= 0.3 is 0 Å². The number of hydrogen-bond donors (Lipinski definition) is 1. The molecule has 2 bridgehead atoms. The average Bonchev–Trinajstić information content (AvgIpc) is 3.35. The Kier molecular flexibility index (Phi) is 2.87. The third-order valence-corrected chi connectivity index (χ3v) is 6.57. The van der Waals surface area contributed by atoms with Gasteiger partial charge in [-0.2, -0.15) is 10.1 Å². The maximum absolute atomic E-state index is 12.8. The van der Waals surface area contributed by atoms with Gasteiger partial charge in [0.2, 0.25) is 0 Å². The van der Waals surface area contributed by atoms with Crippen molar-refractivity contribution in [2.24, 2.45) is 40.6 Å². The molecular formula is C18H15BrN2O3. The number of amides is 2. The number of benzene rings is 1.